The number of hydrogen-bond acceptors (Lipinski definition) is 6. The summed E-state index contributed by atoms with van der Waals surface area (Å²) in [5.74, 6) is 2.09. The van der Waals surface area contributed by atoms with E-state index in [0.29, 0.717) is 17.5 Å². The van der Waals surface area contributed by atoms with Crippen LogP contribution in [-0.2, 0) is 11.3 Å². The van der Waals surface area contributed by atoms with Gasteiger partial charge in [-0.15, -0.1) is 10.2 Å². The first-order valence-electron chi connectivity index (χ1n) is 11.0. The van der Waals surface area contributed by atoms with E-state index in [9.17, 15) is 4.79 Å². The number of rotatable bonds is 8. The minimum Gasteiger partial charge on any atom is -0.497 e. The van der Waals surface area contributed by atoms with Crippen LogP contribution in [0.2, 0.25) is 0 Å². The number of methoxy groups -OCH3 is 1. The van der Waals surface area contributed by atoms with Gasteiger partial charge in [0.1, 0.15) is 11.5 Å². The number of nitrogens with one attached hydrogen (secondary N) is 1. The van der Waals surface area contributed by atoms with Crippen molar-refractivity contribution >= 4 is 23.4 Å². The Hall–Kier alpha value is -3.52. The van der Waals surface area contributed by atoms with E-state index in [4.69, 9.17) is 9.15 Å². The van der Waals surface area contributed by atoms with E-state index >= 15 is 0 Å². The van der Waals surface area contributed by atoms with E-state index in [1.54, 1.807) is 13.4 Å². The average molecular weight is 477 g/mol. The third kappa shape index (κ3) is 5.17. The highest BCUT2D eigenvalue weighted by atomic mass is 32.2. The molecule has 0 aliphatic heterocycles. The number of aryl methyl sites for hydroxylation is 3. The number of benzene rings is 2. The van der Waals surface area contributed by atoms with Crippen molar-refractivity contribution in [1.29, 1.82) is 0 Å². The summed E-state index contributed by atoms with van der Waals surface area (Å²) in [5, 5.41) is 12.2. The molecule has 7 nitrogen and oxygen atoms in total. The Kier molecular flexibility index (Phi) is 7.07. The molecule has 4 aromatic rings. The molecule has 0 saturated carbocycles. The van der Waals surface area contributed by atoms with Gasteiger partial charge in [0.25, 0.3) is 0 Å². The Labute approximate surface area is 203 Å². The zero-order chi connectivity index (χ0) is 24.2. The van der Waals surface area contributed by atoms with Crippen molar-refractivity contribution in [3.05, 3.63) is 77.2 Å². The first-order valence-corrected chi connectivity index (χ1v) is 11.9. The number of thioether (sulfide) groups is 1. The summed E-state index contributed by atoms with van der Waals surface area (Å²) in [5.41, 5.74) is 4.99. The number of hydrogen-bond donors (Lipinski definition) is 1. The molecule has 176 valence electrons. The van der Waals surface area contributed by atoms with Gasteiger partial charge in [-0.3, -0.25) is 9.36 Å². The molecular formula is C26H28N4O3S. The van der Waals surface area contributed by atoms with Crippen molar-refractivity contribution in [3.63, 3.8) is 0 Å². The molecule has 0 aliphatic rings. The third-order valence-corrected chi connectivity index (χ3v) is 6.60. The van der Waals surface area contributed by atoms with Crippen molar-refractivity contribution in [2.45, 2.75) is 44.6 Å². The van der Waals surface area contributed by atoms with Crippen LogP contribution in [0.4, 0.5) is 5.69 Å². The Morgan fingerprint density at radius 2 is 1.88 bits per heavy atom. The molecule has 0 bridgehead atoms. The Bertz CT molecular complexity index is 1270. The van der Waals surface area contributed by atoms with Gasteiger partial charge in [0.2, 0.25) is 5.91 Å². The fraction of sp³-hybridized carbons (Fsp3) is 0.269. The second kappa shape index (κ2) is 10.2. The molecule has 1 unspecified atom stereocenters. The van der Waals surface area contributed by atoms with Gasteiger partial charge in [-0.05, 0) is 63.1 Å². The molecule has 0 saturated heterocycles. The molecule has 0 radical (unpaired) electrons. The SMILES string of the molecule is COc1cccc(-c2nnc(SC(C)C(=O)Nc3c(C)cc(C)cc3C)n2Cc2ccco2)c1. The maximum absolute atomic E-state index is 13.1. The molecule has 34 heavy (non-hydrogen) atoms. The summed E-state index contributed by atoms with van der Waals surface area (Å²) in [6.07, 6.45) is 1.64. The van der Waals surface area contributed by atoms with Gasteiger partial charge in [-0.25, -0.2) is 0 Å². The van der Waals surface area contributed by atoms with Gasteiger partial charge in [0, 0.05) is 11.3 Å². The second-order valence-corrected chi connectivity index (χ2v) is 9.53. The zero-order valence-electron chi connectivity index (χ0n) is 20.0. The molecule has 1 N–H and O–H groups in total. The number of nitrogens with zero attached hydrogens (tertiary/aromatic N) is 3. The van der Waals surface area contributed by atoms with Crippen LogP contribution in [0.15, 0.2) is 64.4 Å². The molecule has 0 spiro atoms. The summed E-state index contributed by atoms with van der Waals surface area (Å²) in [6.45, 7) is 8.38. The van der Waals surface area contributed by atoms with Gasteiger partial charge in [-0.1, -0.05) is 41.6 Å². The number of carbonyl (C=O) groups is 1. The predicted molar refractivity (Wildman–Crippen MR) is 134 cm³/mol. The van der Waals surface area contributed by atoms with Crippen LogP contribution in [0.3, 0.4) is 0 Å². The van der Waals surface area contributed by atoms with Gasteiger partial charge in [-0.2, -0.15) is 0 Å². The van der Waals surface area contributed by atoms with Crippen LogP contribution < -0.4 is 10.1 Å². The molecule has 2 heterocycles. The highest BCUT2D eigenvalue weighted by molar-refractivity contribution is 8.00. The molecule has 0 aliphatic carbocycles. The number of furan rings is 1. The Morgan fingerprint density at radius 3 is 2.56 bits per heavy atom. The van der Waals surface area contributed by atoms with Gasteiger partial charge in [0.15, 0.2) is 11.0 Å². The van der Waals surface area contributed by atoms with Crippen molar-refractivity contribution in [3.8, 4) is 17.1 Å². The van der Waals surface area contributed by atoms with E-state index in [1.165, 1.54) is 17.3 Å². The number of anilines is 1. The van der Waals surface area contributed by atoms with E-state index < -0.39 is 5.25 Å². The zero-order valence-corrected chi connectivity index (χ0v) is 20.8. The molecule has 0 fully saturated rings. The number of carbonyl (C=O) groups excluding carboxylic acids is 1. The van der Waals surface area contributed by atoms with Crippen molar-refractivity contribution < 1.29 is 13.9 Å². The minimum absolute atomic E-state index is 0.0875. The maximum atomic E-state index is 13.1. The van der Waals surface area contributed by atoms with E-state index in [2.05, 4.69) is 34.6 Å². The second-order valence-electron chi connectivity index (χ2n) is 8.23. The van der Waals surface area contributed by atoms with E-state index in [0.717, 1.165) is 33.9 Å². The fourth-order valence-electron chi connectivity index (χ4n) is 3.87. The van der Waals surface area contributed by atoms with E-state index in [1.807, 2.05) is 61.7 Å². The summed E-state index contributed by atoms with van der Waals surface area (Å²) in [6, 6.07) is 15.6. The molecule has 2 aromatic heterocycles. The highest BCUT2D eigenvalue weighted by Crippen LogP contribution is 2.30. The summed E-state index contributed by atoms with van der Waals surface area (Å²) < 4.78 is 12.9. The van der Waals surface area contributed by atoms with Crippen LogP contribution >= 0.6 is 11.8 Å². The first-order chi connectivity index (χ1) is 16.4. The maximum Gasteiger partial charge on any atom is 0.237 e. The normalized spacial score (nSPS) is 11.9. The monoisotopic (exact) mass is 476 g/mol. The fourth-order valence-corrected chi connectivity index (χ4v) is 4.71. The summed E-state index contributed by atoms with van der Waals surface area (Å²) in [4.78, 5) is 13.1. The lowest BCUT2D eigenvalue weighted by Gasteiger charge is -2.16. The topological polar surface area (TPSA) is 82.2 Å². The summed E-state index contributed by atoms with van der Waals surface area (Å²) >= 11 is 1.36. The predicted octanol–water partition coefficient (Wildman–Crippen LogP) is 5.64. The van der Waals surface area contributed by atoms with Crippen LogP contribution in [-0.4, -0.2) is 33.0 Å². The Morgan fingerprint density at radius 1 is 1.12 bits per heavy atom. The molecule has 1 amide bonds. The van der Waals surface area contributed by atoms with Gasteiger partial charge >= 0.3 is 0 Å². The average Bonchev–Trinajstić information content (AvgIpc) is 3.47. The van der Waals surface area contributed by atoms with Gasteiger partial charge < -0.3 is 14.5 Å². The lowest BCUT2D eigenvalue weighted by atomic mass is 10.1. The molecule has 4 rings (SSSR count). The van der Waals surface area contributed by atoms with Crippen molar-refractivity contribution in [2.24, 2.45) is 0 Å². The van der Waals surface area contributed by atoms with Crippen molar-refractivity contribution in [2.75, 3.05) is 12.4 Å². The summed E-state index contributed by atoms with van der Waals surface area (Å²) in [7, 11) is 1.63. The van der Waals surface area contributed by atoms with Crippen LogP contribution in [0.25, 0.3) is 11.4 Å². The Balaban J connectivity index is 1.61. The largest absolute Gasteiger partial charge is 0.497 e. The highest BCUT2D eigenvalue weighted by Gasteiger charge is 2.22. The van der Waals surface area contributed by atoms with E-state index in [-0.39, 0.29) is 5.91 Å². The van der Waals surface area contributed by atoms with Crippen LogP contribution in [0, 0.1) is 20.8 Å². The quantitative estimate of drug-likeness (QED) is 0.332. The van der Waals surface area contributed by atoms with Gasteiger partial charge in [0.05, 0.1) is 25.2 Å². The standard InChI is InChI=1S/C26H28N4O3S/c1-16-12-17(2)23(18(3)13-16)27-25(31)19(4)34-26-29-28-24(20-8-6-9-21(14-20)32-5)30(26)15-22-10-7-11-33-22/h6-14,19H,15H2,1-5H3,(H,27,31). The number of aromatic nitrogens is 3. The minimum atomic E-state index is -0.391. The number of amides is 1. The third-order valence-electron chi connectivity index (χ3n) is 5.52. The molecule has 2 aromatic carbocycles. The number of ether oxygens (including phenoxy) is 1. The molecule has 1 atom stereocenters. The molecular weight excluding hydrogens is 448 g/mol. The smallest absolute Gasteiger partial charge is 0.237 e. The molecule has 8 heteroatoms. The lowest BCUT2D eigenvalue weighted by Crippen LogP contribution is -2.24. The lowest BCUT2D eigenvalue weighted by molar-refractivity contribution is -0.115. The van der Waals surface area contributed by atoms with Crippen LogP contribution in [0.5, 0.6) is 5.75 Å². The van der Waals surface area contributed by atoms with Crippen LogP contribution in [0.1, 0.15) is 29.4 Å². The van der Waals surface area contributed by atoms with Crippen molar-refractivity contribution in [1.82, 2.24) is 14.8 Å². The first kappa shape index (κ1) is 23.6.